The lowest BCUT2D eigenvalue weighted by molar-refractivity contribution is -0.142. The number of amides is 3. The molecule has 0 aliphatic heterocycles. The van der Waals surface area contributed by atoms with Gasteiger partial charge in [-0.05, 0) is 72.6 Å². The molecule has 1 aromatic carbocycles. The summed E-state index contributed by atoms with van der Waals surface area (Å²) in [5.41, 5.74) is 0.151. The Morgan fingerprint density at radius 3 is 2.08 bits per heavy atom. The number of nitrogens with one attached hydrogen (secondary N) is 2. The van der Waals surface area contributed by atoms with E-state index >= 15 is 0 Å². The molecule has 0 bridgehead atoms. The Balaban J connectivity index is 3.34. The van der Waals surface area contributed by atoms with Gasteiger partial charge < -0.3 is 20.3 Å². The number of hydrogen-bond acceptors (Lipinski definition) is 4. The lowest BCUT2D eigenvalue weighted by atomic mass is 9.99. The Bertz CT molecular complexity index is 904. The second kappa shape index (κ2) is 13.9. The van der Waals surface area contributed by atoms with Crippen LogP contribution in [0.2, 0.25) is 0 Å². The third-order valence-electron chi connectivity index (χ3n) is 5.34. The van der Waals surface area contributed by atoms with Gasteiger partial charge in [0.15, 0.2) is 0 Å². The summed E-state index contributed by atoms with van der Waals surface area (Å²) in [6, 6.07) is 5.33. The predicted molar refractivity (Wildman–Crippen MR) is 144 cm³/mol. The minimum absolute atomic E-state index is 0.290. The molecule has 2 atom stereocenters. The number of alkyl carbamates (subject to hydrolysis) is 1. The van der Waals surface area contributed by atoms with Crippen molar-refractivity contribution in [3.05, 3.63) is 35.4 Å². The van der Waals surface area contributed by atoms with Gasteiger partial charge in [-0.15, -0.1) is 6.42 Å². The van der Waals surface area contributed by atoms with Gasteiger partial charge in [-0.1, -0.05) is 50.7 Å². The normalized spacial score (nSPS) is 13.2. The van der Waals surface area contributed by atoms with Crippen LogP contribution in [0, 0.1) is 12.3 Å². The molecule has 0 aliphatic carbocycles. The fourth-order valence-corrected chi connectivity index (χ4v) is 3.72. The molecular weight excluding hydrogens is 454 g/mol. The lowest BCUT2D eigenvalue weighted by Gasteiger charge is -2.35. The number of carbonyl (C=O) groups excluding carboxylic acids is 3. The molecule has 7 nitrogen and oxygen atoms in total. The molecule has 0 saturated carbocycles. The van der Waals surface area contributed by atoms with Gasteiger partial charge in [-0.25, -0.2) is 4.79 Å². The number of carbonyl (C=O) groups is 3. The summed E-state index contributed by atoms with van der Waals surface area (Å²) in [5, 5.41) is 5.65. The summed E-state index contributed by atoms with van der Waals surface area (Å²) in [5.74, 6) is 1.94. The molecular formula is C29H45N3O4. The van der Waals surface area contributed by atoms with Crippen molar-refractivity contribution in [3.63, 3.8) is 0 Å². The number of unbranched alkanes of at least 4 members (excludes halogenated alkanes) is 4. The van der Waals surface area contributed by atoms with Crippen molar-refractivity contribution in [2.45, 2.75) is 111 Å². The third kappa shape index (κ3) is 11.2. The Morgan fingerprint density at radius 1 is 1.00 bits per heavy atom. The number of hydrogen-bond donors (Lipinski definition) is 2. The summed E-state index contributed by atoms with van der Waals surface area (Å²) in [4.78, 5) is 41.2. The highest BCUT2D eigenvalue weighted by Gasteiger charge is 2.35. The van der Waals surface area contributed by atoms with Crippen LogP contribution in [0.15, 0.2) is 24.3 Å². The Labute approximate surface area is 217 Å². The quantitative estimate of drug-likeness (QED) is 0.318. The zero-order valence-corrected chi connectivity index (χ0v) is 23.4. The van der Waals surface area contributed by atoms with E-state index in [0.717, 1.165) is 32.1 Å². The maximum absolute atomic E-state index is 13.7. The van der Waals surface area contributed by atoms with E-state index in [2.05, 4.69) is 23.5 Å². The van der Waals surface area contributed by atoms with Crippen molar-refractivity contribution < 1.29 is 19.1 Å². The van der Waals surface area contributed by atoms with Crippen LogP contribution in [0.3, 0.4) is 0 Å². The molecule has 36 heavy (non-hydrogen) atoms. The standard InChI is InChI=1S/C29H45N3O4/c1-10-12-13-14-15-20-32(26(34)21(3)30-27(35)36-29(7,8)9)24(25(33)31-28(4,5)6)23-18-16-22(11-2)17-19-23/h2,16-19,21,24H,10,12-15,20H2,1,3-9H3,(H,30,35)(H,31,33). The monoisotopic (exact) mass is 499 g/mol. The summed E-state index contributed by atoms with van der Waals surface area (Å²) in [7, 11) is 0. The Morgan fingerprint density at radius 2 is 1.58 bits per heavy atom. The van der Waals surface area contributed by atoms with Crippen LogP contribution >= 0.6 is 0 Å². The smallest absolute Gasteiger partial charge is 0.408 e. The molecule has 0 aliphatic rings. The van der Waals surface area contributed by atoms with Crippen molar-refractivity contribution in [1.82, 2.24) is 15.5 Å². The molecule has 3 amide bonds. The first kappa shape index (κ1) is 31.0. The number of benzene rings is 1. The highest BCUT2D eigenvalue weighted by Crippen LogP contribution is 2.25. The minimum Gasteiger partial charge on any atom is -0.444 e. The van der Waals surface area contributed by atoms with Gasteiger partial charge in [0.2, 0.25) is 11.8 Å². The molecule has 2 unspecified atom stereocenters. The number of nitrogens with zero attached hydrogens (tertiary/aromatic N) is 1. The summed E-state index contributed by atoms with van der Waals surface area (Å²) < 4.78 is 5.33. The molecule has 0 heterocycles. The van der Waals surface area contributed by atoms with E-state index < -0.39 is 29.3 Å². The SMILES string of the molecule is C#Cc1ccc(C(C(=O)NC(C)(C)C)N(CCCCCCC)C(=O)C(C)NC(=O)OC(C)(C)C)cc1. The van der Waals surface area contributed by atoms with E-state index in [1.165, 1.54) is 0 Å². The van der Waals surface area contributed by atoms with Crippen LogP contribution in [0.5, 0.6) is 0 Å². The minimum atomic E-state index is -0.884. The average Bonchev–Trinajstić information content (AvgIpc) is 2.75. The number of rotatable bonds is 11. The van der Waals surface area contributed by atoms with E-state index in [4.69, 9.17) is 11.2 Å². The molecule has 200 valence electrons. The van der Waals surface area contributed by atoms with Crippen LogP contribution in [-0.4, -0.2) is 46.5 Å². The first-order chi connectivity index (χ1) is 16.7. The van der Waals surface area contributed by atoms with Gasteiger partial charge in [-0.3, -0.25) is 9.59 Å². The highest BCUT2D eigenvalue weighted by atomic mass is 16.6. The first-order valence-electron chi connectivity index (χ1n) is 12.9. The zero-order valence-electron chi connectivity index (χ0n) is 23.4. The highest BCUT2D eigenvalue weighted by molar-refractivity contribution is 5.92. The van der Waals surface area contributed by atoms with Gasteiger partial charge in [0, 0.05) is 17.6 Å². The molecule has 0 aromatic heterocycles. The van der Waals surface area contributed by atoms with Gasteiger partial charge >= 0.3 is 6.09 Å². The third-order valence-corrected chi connectivity index (χ3v) is 5.34. The summed E-state index contributed by atoms with van der Waals surface area (Å²) in [6.07, 6.45) is 9.80. The molecule has 0 radical (unpaired) electrons. The molecule has 0 spiro atoms. The topological polar surface area (TPSA) is 87.7 Å². The van der Waals surface area contributed by atoms with Crippen LogP contribution in [0.25, 0.3) is 0 Å². The summed E-state index contributed by atoms with van der Waals surface area (Å²) in [6.45, 7) is 15.1. The van der Waals surface area contributed by atoms with E-state index in [1.807, 2.05) is 20.8 Å². The number of terminal acetylenes is 1. The zero-order chi connectivity index (χ0) is 27.5. The maximum Gasteiger partial charge on any atom is 0.408 e. The molecule has 2 N–H and O–H groups in total. The van der Waals surface area contributed by atoms with Gasteiger partial charge in [0.25, 0.3) is 0 Å². The first-order valence-corrected chi connectivity index (χ1v) is 12.9. The van der Waals surface area contributed by atoms with Gasteiger partial charge in [0.05, 0.1) is 0 Å². The second-order valence-corrected chi connectivity index (χ2v) is 11.2. The van der Waals surface area contributed by atoms with Crippen molar-refractivity contribution in [2.75, 3.05) is 6.54 Å². The van der Waals surface area contributed by atoms with E-state index in [1.54, 1.807) is 56.9 Å². The average molecular weight is 500 g/mol. The van der Waals surface area contributed by atoms with Crippen LogP contribution < -0.4 is 10.6 Å². The van der Waals surface area contributed by atoms with Crippen LogP contribution in [0.1, 0.15) is 105 Å². The van der Waals surface area contributed by atoms with Crippen molar-refractivity contribution in [3.8, 4) is 12.3 Å². The van der Waals surface area contributed by atoms with E-state index in [-0.39, 0.29) is 11.8 Å². The second-order valence-electron chi connectivity index (χ2n) is 11.2. The molecule has 1 rings (SSSR count). The molecule has 0 fully saturated rings. The van der Waals surface area contributed by atoms with Gasteiger partial charge in [0.1, 0.15) is 17.7 Å². The Hall–Kier alpha value is -3.01. The summed E-state index contributed by atoms with van der Waals surface area (Å²) >= 11 is 0. The van der Waals surface area contributed by atoms with E-state index in [0.29, 0.717) is 17.7 Å². The van der Waals surface area contributed by atoms with Crippen molar-refractivity contribution >= 4 is 17.9 Å². The molecule has 7 heteroatoms. The van der Waals surface area contributed by atoms with E-state index in [9.17, 15) is 14.4 Å². The van der Waals surface area contributed by atoms with Gasteiger partial charge in [-0.2, -0.15) is 0 Å². The fourth-order valence-electron chi connectivity index (χ4n) is 3.72. The predicted octanol–water partition coefficient (Wildman–Crippen LogP) is 5.34. The maximum atomic E-state index is 13.7. The van der Waals surface area contributed by atoms with Crippen molar-refractivity contribution in [1.29, 1.82) is 0 Å². The lowest BCUT2D eigenvalue weighted by Crippen LogP contribution is -2.54. The Kier molecular flexibility index (Phi) is 12.0. The fraction of sp³-hybridized carbons (Fsp3) is 0.621. The molecule has 1 aromatic rings. The largest absolute Gasteiger partial charge is 0.444 e. The van der Waals surface area contributed by atoms with Crippen molar-refractivity contribution in [2.24, 2.45) is 0 Å². The number of ether oxygens (including phenoxy) is 1. The van der Waals surface area contributed by atoms with Crippen LogP contribution in [-0.2, 0) is 14.3 Å². The van der Waals surface area contributed by atoms with Crippen LogP contribution in [0.4, 0.5) is 4.79 Å². The molecule has 0 saturated heterocycles.